The Bertz CT molecular complexity index is 698. The molecule has 0 atom stereocenters. The highest BCUT2D eigenvalue weighted by molar-refractivity contribution is 7.98. The fourth-order valence-electron chi connectivity index (χ4n) is 1.96. The molecule has 2 aromatic rings. The summed E-state index contributed by atoms with van der Waals surface area (Å²) in [5, 5.41) is 3.29. The van der Waals surface area contributed by atoms with Crippen molar-refractivity contribution in [1.29, 1.82) is 0 Å². The number of amides is 1. The predicted octanol–water partition coefficient (Wildman–Crippen LogP) is 3.77. The van der Waals surface area contributed by atoms with Crippen molar-refractivity contribution >= 4 is 40.7 Å². The Kier molecular flexibility index (Phi) is 3.51. The van der Waals surface area contributed by atoms with Gasteiger partial charge in [0.1, 0.15) is 0 Å². The third-order valence-electron chi connectivity index (χ3n) is 3.01. The Morgan fingerprint density at radius 3 is 2.55 bits per heavy atom. The lowest BCUT2D eigenvalue weighted by Crippen LogP contribution is -2.12. The number of hydrogen-bond donors (Lipinski definition) is 1. The number of fused-ring (bicyclic) bond motifs is 1. The minimum atomic E-state index is -0.556. The van der Waals surface area contributed by atoms with Gasteiger partial charge < -0.3 is 5.32 Å². The van der Waals surface area contributed by atoms with Gasteiger partial charge in [-0.15, -0.1) is 11.8 Å². The van der Waals surface area contributed by atoms with Crippen LogP contribution in [0.15, 0.2) is 47.4 Å². The maximum absolute atomic E-state index is 11.5. The lowest BCUT2D eigenvalue weighted by molar-refractivity contribution is -0.112. The van der Waals surface area contributed by atoms with Crippen molar-refractivity contribution in [3.63, 3.8) is 0 Å². The van der Waals surface area contributed by atoms with Crippen molar-refractivity contribution in [3.8, 4) is 0 Å². The molecule has 2 aromatic carbocycles. The highest BCUT2D eigenvalue weighted by atomic mass is 35.5. The fourth-order valence-corrected chi connectivity index (χ4v) is 2.98. The normalized spacial score (nSPS) is 13.2. The number of anilines is 1. The van der Waals surface area contributed by atoms with Crippen LogP contribution < -0.4 is 5.32 Å². The second kappa shape index (κ2) is 5.31. The smallest absolute Gasteiger partial charge is 0.296 e. The molecule has 0 radical (unpaired) electrons. The monoisotopic (exact) mass is 303 g/mol. The van der Waals surface area contributed by atoms with Gasteiger partial charge in [0.2, 0.25) is 0 Å². The van der Waals surface area contributed by atoms with Crippen LogP contribution in [0.4, 0.5) is 5.69 Å². The molecule has 1 heterocycles. The molecule has 1 aliphatic rings. The van der Waals surface area contributed by atoms with Gasteiger partial charge in [-0.05, 0) is 35.9 Å². The molecule has 1 amide bonds. The minimum absolute atomic E-state index is 0.450. The van der Waals surface area contributed by atoms with E-state index >= 15 is 0 Å². The molecule has 5 heteroatoms. The molecular weight excluding hydrogens is 294 g/mol. The summed E-state index contributed by atoms with van der Waals surface area (Å²) in [6.45, 7) is 0. The summed E-state index contributed by atoms with van der Waals surface area (Å²) >= 11 is 7.48. The van der Waals surface area contributed by atoms with Crippen molar-refractivity contribution in [2.75, 3.05) is 5.32 Å². The van der Waals surface area contributed by atoms with Crippen LogP contribution in [-0.2, 0) is 10.5 Å². The van der Waals surface area contributed by atoms with Crippen LogP contribution in [0.25, 0.3) is 0 Å². The Balaban J connectivity index is 1.73. The van der Waals surface area contributed by atoms with Crippen LogP contribution >= 0.6 is 23.4 Å². The van der Waals surface area contributed by atoms with Gasteiger partial charge in [0.25, 0.3) is 11.7 Å². The van der Waals surface area contributed by atoms with Crippen molar-refractivity contribution in [2.24, 2.45) is 0 Å². The molecule has 0 fully saturated rings. The van der Waals surface area contributed by atoms with Crippen LogP contribution in [-0.4, -0.2) is 11.7 Å². The van der Waals surface area contributed by atoms with Crippen LogP contribution in [0.1, 0.15) is 15.9 Å². The van der Waals surface area contributed by atoms with E-state index in [4.69, 9.17) is 11.6 Å². The summed E-state index contributed by atoms with van der Waals surface area (Å²) in [5.41, 5.74) is 2.21. The van der Waals surface area contributed by atoms with Crippen LogP contribution in [0.3, 0.4) is 0 Å². The van der Waals surface area contributed by atoms with Gasteiger partial charge in [-0.25, -0.2) is 0 Å². The van der Waals surface area contributed by atoms with Gasteiger partial charge in [-0.3, -0.25) is 9.59 Å². The van der Waals surface area contributed by atoms with Crippen LogP contribution in [0, 0.1) is 0 Å². The van der Waals surface area contributed by atoms with E-state index in [1.807, 2.05) is 36.4 Å². The summed E-state index contributed by atoms with van der Waals surface area (Å²) in [6.07, 6.45) is 0. The third-order valence-corrected chi connectivity index (χ3v) is 4.33. The average Bonchev–Trinajstić information content (AvgIpc) is 2.73. The molecular formula is C15H10ClNO2S. The van der Waals surface area contributed by atoms with E-state index in [1.54, 1.807) is 17.8 Å². The average molecular weight is 304 g/mol. The van der Waals surface area contributed by atoms with Gasteiger partial charge in [-0.1, -0.05) is 23.7 Å². The molecule has 1 N–H and O–H groups in total. The molecule has 1 aliphatic heterocycles. The molecule has 0 aromatic heterocycles. The zero-order valence-corrected chi connectivity index (χ0v) is 11.9. The maximum atomic E-state index is 11.5. The minimum Gasteiger partial charge on any atom is -0.318 e. The molecule has 3 nitrogen and oxygen atoms in total. The number of halogens is 1. The topological polar surface area (TPSA) is 46.2 Å². The van der Waals surface area contributed by atoms with Crippen LogP contribution in [0.5, 0.6) is 0 Å². The zero-order valence-electron chi connectivity index (χ0n) is 10.4. The number of rotatable bonds is 3. The Labute approximate surface area is 125 Å². The molecule has 0 unspecified atom stereocenters. The Morgan fingerprint density at radius 1 is 1.05 bits per heavy atom. The van der Waals surface area contributed by atoms with E-state index in [0.29, 0.717) is 11.3 Å². The first-order chi connectivity index (χ1) is 9.63. The van der Waals surface area contributed by atoms with Crippen molar-refractivity contribution in [3.05, 3.63) is 58.6 Å². The quantitative estimate of drug-likeness (QED) is 0.693. The van der Waals surface area contributed by atoms with Gasteiger partial charge in [0.05, 0.1) is 11.3 Å². The summed E-state index contributed by atoms with van der Waals surface area (Å²) < 4.78 is 0. The first kappa shape index (κ1) is 13.2. The summed E-state index contributed by atoms with van der Waals surface area (Å²) in [6, 6.07) is 13.1. The lowest BCUT2D eigenvalue weighted by atomic mass is 10.1. The van der Waals surface area contributed by atoms with E-state index in [1.165, 1.54) is 5.56 Å². The zero-order chi connectivity index (χ0) is 14.1. The Morgan fingerprint density at radius 2 is 1.80 bits per heavy atom. The highest BCUT2D eigenvalue weighted by Gasteiger charge is 2.27. The molecule has 0 spiro atoms. The first-order valence-electron chi connectivity index (χ1n) is 6.00. The van der Waals surface area contributed by atoms with Crippen molar-refractivity contribution in [2.45, 2.75) is 10.6 Å². The van der Waals surface area contributed by atoms with Crippen molar-refractivity contribution < 1.29 is 9.59 Å². The summed E-state index contributed by atoms with van der Waals surface area (Å²) in [4.78, 5) is 23.8. The molecule has 0 aliphatic carbocycles. The van der Waals surface area contributed by atoms with Crippen molar-refractivity contribution in [1.82, 2.24) is 0 Å². The van der Waals surface area contributed by atoms with Crippen LogP contribution in [0.2, 0.25) is 5.02 Å². The van der Waals surface area contributed by atoms with Gasteiger partial charge in [0.15, 0.2) is 0 Å². The largest absolute Gasteiger partial charge is 0.318 e. The van der Waals surface area contributed by atoms with Gasteiger partial charge in [-0.2, -0.15) is 0 Å². The second-order valence-electron chi connectivity index (χ2n) is 4.41. The lowest BCUT2D eigenvalue weighted by Gasteiger charge is -2.04. The van der Waals surface area contributed by atoms with E-state index in [2.05, 4.69) is 5.32 Å². The molecule has 0 saturated carbocycles. The summed E-state index contributed by atoms with van der Waals surface area (Å²) in [5.74, 6) is -0.216. The SMILES string of the molecule is O=C1Nc2cc(SCc3ccc(Cl)cc3)ccc2C1=O. The number of carbonyl (C=O) groups excluding carboxylic acids is 2. The fraction of sp³-hybridized carbons (Fsp3) is 0.0667. The molecule has 100 valence electrons. The van der Waals surface area contributed by atoms with Gasteiger partial charge >= 0.3 is 0 Å². The number of ketones is 1. The highest BCUT2D eigenvalue weighted by Crippen LogP contribution is 2.30. The first-order valence-corrected chi connectivity index (χ1v) is 7.37. The predicted molar refractivity (Wildman–Crippen MR) is 80.4 cm³/mol. The van der Waals surface area contributed by atoms with E-state index < -0.39 is 11.7 Å². The van der Waals surface area contributed by atoms with Gasteiger partial charge in [0, 0.05) is 15.7 Å². The molecule has 20 heavy (non-hydrogen) atoms. The number of Topliss-reactive ketones (excluding diaryl/α,β-unsaturated/α-hetero) is 1. The molecule has 3 rings (SSSR count). The number of hydrogen-bond acceptors (Lipinski definition) is 3. The maximum Gasteiger partial charge on any atom is 0.296 e. The van der Waals surface area contributed by atoms with E-state index in [-0.39, 0.29) is 0 Å². The Hall–Kier alpha value is -1.78. The number of carbonyl (C=O) groups is 2. The number of benzene rings is 2. The molecule has 0 bridgehead atoms. The molecule has 0 saturated heterocycles. The summed E-state index contributed by atoms with van der Waals surface area (Å²) in [7, 11) is 0. The second-order valence-corrected chi connectivity index (χ2v) is 5.89. The standard InChI is InChI=1S/C15H10ClNO2S/c16-10-3-1-9(2-4-10)8-20-11-5-6-12-13(7-11)17-15(19)14(12)18/h1-7H,8H2,(H,17,18,19). The number of thioether (sulfide) groups is 1. The van der Waals surface area contributed by atoms with E-state index in [0.717, 1.165) is 15.7 Å². The van der Waals surface area contributed by atoms with E-state index in [9.17, 15) is 9.59 Å². The third kappa shape index (κ3) is 2.57. The number of nitrogens with one attached hydrogen (secondary N) is 1.